The van der Waals surface area contributed by atoms with Gasteiger partial charge in [-0.1, -0.05) is 6.92 Å². The monoisotopic (exact) mass is 213 g/mol. The molecule has 0 unspecified atom stereocenters. The Morgan fingerprint density at radius 1 is 1.73 bits per heavy atom. The van der Waals surface area contributed by atoms with E-state index in [2.05, 4.69) is 5.32 Å². The summed E-state index contributed by atoms with van der Waals surface area (Å²) in [4.78, 5) is 11.8. The Balaban J connectivity index is 2.57. The van der Waals surface area contributed by atoms with Crippen LogP contribution in [0.1, 0.15) is 33.1 Å². The summed E-state index contributed by atoms with van der Waals surface area (Å²) < 4.78 is 5.10. The van der Waals surface area contributed by atoms with Gasteiger partial charge in [0, 0.05) is 0 Å². The third kappa shape index (κ3) is 3.23. The number of aliphatic hydroxyl groups excluding tert-OH is 1. The molecule has 1 aliphatic rings. The minimum Gasteiger partial charge on any atom is -0.501 e. The van der Waals surface area contributed by atoms with Gasteiger partial charge in [0.05, 0.1) is 30.6 Å². The molecule has 1 amide bonds. The van der Waals surface area contributed by atoms with E-state index < -0.39 is 5.54 Å². The molecule has 86 valence electrons. The predicted molar refractivity (Wildman–Crippen MR) is 57.2 cm³/mol. The molecular weight excluding hydrogens is 194 g/mol. The van der Waals surface area contributed by atoms with Gasteiger partial charge < -0.3 is 15.2 Å². The van der Waals surface area contributed by atoms with Gasteiger partial charge in [0.2, 0.25) is 0 Å². The van der Waals surface area contributed by atoms with E-state index in [0.29, 0.717) is 18.6 Å². The molecule has 0 aromatic heterocycles. The van der Waals surface area contributed by atoms with E-state index in [9.17, 15) is 4.79 Å². The Morgan fingerprint density at radius 2 is 2.47 bits per heavy atom. The van der Waals surface area contributed by atoms with E-state index in [1.807, 2.05) is 13.8 Å². The summed E-state index contributed by atoms with van der Waals surface area (Å²) in [6, 6.07) is 0. The van der Waals surface area contributed by atoms with Gasteiger partial charge in [0.15, 0.2) is 0 Å². The normalized spacial score (nSPS) is 19.8. The summed E-state index contributed by atoms with van der Waals surface area (Å²) in [5.74, 6) is -0.131. The van der Waals surface area contributed by atoms with Gasteiger partial charge in [-0.05, 0) is 26.2 Å². The second kappa shape index (κ2) is 5.16. The van der Waals surface area contributed by atoms with Crippen LogP contribution in [0.2, 0.25) is 0 Å². The molecule has 0 spiro atoms. The van der Waals surface area contributed by atoms with Gasteiger partial charge in [-0.2, -0.15) is 0 Å². The molecule has 2 N–H and O–H groups in total. The molecule has 0 aromatic rings. The second-order valence-electron chi connectivity index (χ2n) is 4.14. The maximum absolute atomic E-state index is 11.8. The van der Waals surface area contributed by atoms with Crippen LogP contribution in [0.15, 0.2) is 11.8 Å². The lowest BCUT2D eigenvalue weighted by molar-refractivity contribution is -0.120. The number of rotatable bonds is 4. The highest BCUT2D eigenvalue weighted by atomic mass is 16.5. The summed E-state index contributed by atoms with van der Waals surface area (Å²) in [6.07, 6.45) is 3.84. The largest absolute Gasteiger partial charge is 0.501 e. The molecule has 1 aliphatic heterocycles. The molecule has 15 heavy (non-hydrogen) atoms. The van der Waals surface area contributed by atoms with Gasteiger partial charge in [0.25, 0.3) is 5.91 Å². The van der Waals surface area contributed by atoms with Crippen molar-refractivity contribution in [2.45, 2.75) is 38.6 Å². The van der Waals surface area contributed by atoms with Crippen LogP contribution >= 0.6 is 0 Å². The van der Waals surface area contributed by atoms with E-state index >= 15 is 0 Å². The van der Waals surface area contributed by atoms with Crippen molar-refractivity contribution in [3.63, 3.8) is 0 Å². The van der Waals surface area contributed by atoms with E-state index in [0.717, 1.165) is 12.8 Å². The molecule has 0 bridgehead atoms. The average molecular weight is 213 g/mol. The van der Waals surface area contributed by atoms with Crippen LogP contribution in [0.4, 0.5) is 0 Å². The molecule has 0 saturated heterocycles. The number of nitrogens with one attached hydrogen (secondary N) is 1. The zero-order valence-corrected chi connectivity index (χ0v) is 9.38. The maximum Gasteiger partial charge on any atom is 0.250 e. The van der Waals surface area contributed by atoms with E-state index in [1.54, 1.807) is 0 Å². The van der Waals surface area contributed by atoms with Gasteiger partial charge in [-0.3, -0.25) is 4.79 Å². The van der Waals surface area contributed by atoms with Crippen molar-refractivity contribution in [2.24, 2.45) is 0 Å². The van der Waals surface area contributed by atoms with Crippen LogP contribution < -0.4 is 5.32 Å². The molecule has 4 nitrogen and oxygen atoms in total. The van der Waals surface area contributed by atoms with Crippen molar-refractivity contribution in [1.29, 1.82) is 0 Å². The molecule has 4 heteroatoms. The number of carbonyl (C=O) groups is 1. The lowest BCUT2D eigenvalue weighted by Crippen LogP contribution is -2.49. The van der Waals surface area contributed by atoms with E-state index in [-0.39, 0.29) is 12.5 Å². The van der Waals surface area contributed by atoms with Crippen LogP contribution in [0.3, 0.4) is 0 Å². The highest BCUT2D eigenvalue weighted by molar-refractivity contribution is 5.93. The van der Waals surface area contributed by atoms with Crippen LogP contribution in [-0.4, -0.2) is 29.8 Å². The molecule has 1 atom stereocenters. The lowest BCUT2D eigenvalue weighted by Gasteiger charge is -2.28. The summed E-state index contributed by atoms with van der Waals surface area (Å²) in [5.41, 5.74) is 0.129. The Hall–Kier alpha value is -1.03. The van der Waals surface area contributed by atoms with Crippen LogP contribution in [0.5, 0.6) is 0 Å². The molecule has 1 heterocycles. The highest BCUT2D eigenvalue weighted by Gasteiger charge is 2.25. The van der Waals surface area contributed by atoms with Crippen molar-refractivity contribution in [1.82, 2.24) is 5.32 Å². The fourth-order valence-corrected chi connectivity index (χ4v) is 1.33. The number of carbonyl (C=O) groups excluding carboxylic acids is 1. The van der Waals surface area contributed by atoms with E-state index in [1.165, 1.54) is 6.26 Å². The molecule has 0 fully saturated rings. The number of amides is 1. The maximum atomic E-state index is 11.8. The van der Waals surface area contributed by atoms with Gasteiger partial charge in [-0.25, -0.2) is 0 Å². The summed E-state index contributed by atoms with van der Waals surface area (Å²) in [6.45, 7) is 4.39. The molecule has 0 radical (unpaired) electrons. The number of hydrogen-bond donors (Lipinski definition) is 2. The first-order valence-corrected chi connectivity index (χ1v) is 5.35. The van der Waals surface area contributed by atoms with Crippen LogP contribution in [0, 0.1) is 0 Å². The van der Waals surface area contributed by atoms with Gasteiger partial charge >= 0.3 is 0 Å². The van der Waals surface area contributed by atoms with Gasteiger partial charge in [0.1, 0.15) is 0 Å². The summed E-state index contributed by atoms with van der Waals surface area (Å²) in [5, 5.41) is 12.0. The summed E-state index contributed by atoms with van der Waals surface area (Å²) in [7, 11) is 0. The SMILES string of the molecule is CC[C@@](C)(CO)NC(=O)C1=COCCC1. The minimum atomic E-state index is -0.532. The Morgan fingerprint density at radius 3 is 2.93 bits per heavy atom. The first kappa shape index (κ1) is 12.0. The molecular formula is C11H19NO3. The van der Waals surface area contributed by atoms with Gasteiger partial charge in [-0.15, -0.1) is 0 Å². The fourth-order valence-electron chi connectivity index (χ4n) is 1.33. The zero-order valence-electron chi connectivity index (χ0n) is 9.38. The first-order chi connectivity index (χ1) is 7.11. The molecule has 0 aromatic carbocycles. The smallest absolute Gasteiger partial charge is 0.250 e. The number of hydrogen-bond acceptors (Lipinski definition) is 3. The fraction of sp³-hybridized carbons (Fsp3) is 0.727. The Kier molecular flexibility index (Phi) is 4.15. The van der Waals surface area contributed by atoms with Crippen molar-refractivity contribution >= 4 is 5.91 Å². The third-order valence-corrected chi connectivity index (χ3v) is 2.77. The third-order valence-electron chi connectivity index (χ3n) is 2.77. The number of ether oxygens (including phenoxy) is 1. The first-order valence-electron chi connectivity index (χ1n) is 5.35. The Labute approximate surface area is 90.3 Å². The number of aliphatic hydroxyl groups is 1. The minimum absolute atomic E-state index is 0.0522. The predicted octanol–water partition coefficient (Wildman–Crippen LogP) is 0.958. The van der Waals surface area contributed by atoms with Crippen LogP contribution in [-0.2, 0) is 9.53 Å². The topological polar surface area (TPSA) is 58.6 Å². The van der Waals surface area contributed by atoms with Crippen molar-refractivity contribution in [2.75, 3.05) is 13.2 Å². The average Bonchev–Trinajstić information content (AvgIpc) is 2.30. The molecule has 0 aliphatic carbocycles. The highest BCUT2D eigenvalue weighted by Crippen LogP contribution is 2.14. The molecule has 1 rings (SSSR count). The quantitative estimate of drug-likeness (QED) is 0.731. The Bertz CT molecular complexity index is 257. The van der Waals surface area contributed by atoms with Crippen molar-refractivity contribution in [3.05, 3.63) is 11.8 Å². The summed E-state index contributed by atoms with van der Waals surface area (Å²) >= 11 is 0. The van der Waals surface area contributed by atoms with Crippen LogP contribution in [0.25, 0.3) is 0 Å². The van der Waals surface area contributed by atoms with Crippen molar-refractivity contribution < 1.29 is 14.6 Å². The standard InChI is InChI=1S/C11H19NO3/c1-3-11(2,8-13)12-10(14)9-5-4-6-15-7-9/h7,13H,3-6,8H2,1-2H3,(H,12,14)/t11-/m0/s1. The second-order valence-corrected chi connectivity index (χ2v) is 4.14. The van der Waals surface area contributed by atoms with E-state index in [4.69, 9.17) is 9.84 Å². The molecule has 0 saturated carbocycles. The zero-order chi connectivity index (χ0) is 11.3. The van der Waals surface area contributed by atoms with Crippen molar-refractivity contribution in [3.8, 4) is 0 Å². The lowest BCUT2D eigenvalue weighted by atomic mass is 9.99.